The van der Waals surface area contributed by atoms with Gasteiger partial charge in [0.25, 0.3) is 0 Å². The largest absolute Gasteiger partial charge is 0.414 e. The van der Waals surface area contributed by atoms with Crippen molar-refractivity contribution in [1.29, 1.82) is 0 Å². The van der Waals surface area contributed by atoms with Gasteiger partial charge in [0.15, 0.2) is 22.9 Å². The van der Waals surface area contributed by atoms with Gasteiger partial charge in [-0.25, -0.2) is 0 Å². The minimum absolute atomic E-state index is 0.0229. The van der Waals surface area contributed by atoms with E-state index in [2.05, 4.69) is 75.1 Å². The molecule has 2 fully saturated rings. The molecule has 0 amide bonds. The number of methoxy groups -OCH3 is 1. The smallest absolute Gasteiger partial charge is 0.192 e. The molecule has 6 heteroatoms. The van der Waals surface area contributed by atoms with E-state index in [1.54, 1.807) is 7.11 Å². The number of hydrogen-bond acceptors (Lipinski definition) is 4. The standard InChI is InChI=1S/C25H50O4Si2/c1-13-25-19(17-24(25,8)9)21(22(26-10)28-25)20(29-30(11,12)23(5,6)7)18-27-31(14-2,15-3)16-4/h13,19-22H,1,14-18H2,2-12H3/t19-,20+,21+,22-,25+/m0/s1. The Morgan fingerprint density at radius 1 is 1.13 bits per heavy atom. The minimum atomic E-state index is -2.00. The maximum atomic E-state index is 7.10. The molecule has 182 valence electrons. The molecule has 0 radical (unpaired) electrons. The predicted molar refractivity (Wildman–Crippen MR) is 135 cm³/mol. The van der Waals surface area contributed by atoms with Crippen molar-refractivity contribution < 1.29 is 18.3 Å². The van der Waals surface area contributed by atoms with Gasteiger partial charge in [0.05, 0.1) is 18.3 Å². The zero-order valence-electron chi connectivity index (χ0n) is 22.3. The second kappa shape index (κ2) is 9.34. The second-order valence-electron chi connectivity index (χ2n) is 12.0. The summed E-state index contributed by atoms with van der Waals surface area (Å²) >= 11 is 0. The van der Waals surface area contributed by atoms with E-state index in [0.717, 1.165) is 24.6 Å². The quantitative estimate of drug-likeness (QED) is 0.241. The van der Waals surface area contributed by atoms with Gasteiger partial charge in [-0.05, 0) is 48.1 Å². The summed E-state index contributed by atoms with van der Waals surface area (Å²) < 4.78 is 26.5. The van der Waals surface area contributed by atoms with Crippen molar-refractivity contribution in [3.05, 3.63) is 12.7 Å². The molecule has 4 nitrogen and oxygen atoms in total. The van der Waals surface area contributed by atoms with Crippen molar-refractivity contribution in [3.63, 3.8) is 0 Å². The highest BCUT2D eigenvalue weighted by atomic mass is 28.4. The molecule has 2 rings (SSSR count). The Hall–Kier alpha value is 0.0138. The van der Waals surface area contributed by atoms with Crippen molar-refractivity contribution >= 4 is 16.6 Å². The van der Waals surface area contributed by atoms with Crippen LogP contribution < -0.4 is 0 Å². The second-order valence-corrected chi connectivity index (χ2v) is 21.5. The van der Waals surface area contributed by atoms with Crippen LogP contribution in [-0.4, -0.2) is 48.3 Å². The fourth-order valence-corrected chi connectivity index (χ4v) is 9.54. The first-order chi connectivity index (χ1) is 14.2. The monoisotopic (exact) mass is 470 g/mol. The Morgan fingerprint density at radius 2 is 1.68 bits per heavy atom. The lowest BCUT2D eigenvalue weighted by molar-refractivity contribution is -0.211. The molecule has 1 saturated heterocycles. The van der Waals surface area contributed by atoms with E-state index >= 15 is 0 Å². The predicted octanol–water partition coefficient (Wildman–Crippen LogP) is 6.99. The lowest BCUT2D eigenvalue weighted by Crippen LogP contribution is -2.61. The van der Waals surface area contributed by atoms with Crippen molar-refractivity contribution in [3.8, 4) is 0 Å². The summed E-state index contributed by atoms with van der Waals surface area (Å²) in [5, 5.41) is 0.135. The topological polar surface area (TPSA) is 36.9 Å². The van der Waals surface area contributed by atoms with Crippen molar-refractivity contribution in [2.45, 2.75) is 116 Å². The highest BCUT2D eigenvalue weighted by Crippen LogP contribution is 2.65. The molecule has 1 heterocycles. The van der Waals surface area contributed by atoms with Gasteiger partial charge in [0.1, 0.15) is 0 Å². The summed E-state index contributed by atoms with van der Waals surface area (Å²) in [6, 6.07) is 3.44. The van der Waals surface area contributed by atoms with Crippen LogP contribution in [0.15, 0.2) is 12.7 Å². The molecule has 0 unspecified atom stereocenters. The van der Waals surface area contributed by atoms with Crippen LogP contribution in [0, 0.1) is 17.3 Å². The van der Waals surface area contributed by atoms with Gasteiger partial charge >= 0.3 is 0 Å². The molecular formula is C25H50O4Si2. The molecule has 2 aliphatic rings. The van der Waals surface area contributed by atoms with Gasteiger partial charge in [0, 0.05) is 18.9 Å². The minimum Gasteiger partial charge on any atom is -0.414 e. The molecule has 31 heavy (non-hydrogen) atoms. The van der Waals surface area contributed by atoms with Gasteiger partial charge in [-0.15, -0.1) is 6.58 Å². The molecule has 0 aromatic carbocycles. The van der Waals surface area contributed by atoms with Crippen LogP contribution in [0.25, 0.3) is 0 Å². The Labute approximate surface area is 194 Å². The summed E-state index contributed by atoms with van der Waals surface area (Å²) in [6.45, 7) is 27.8. The van der Waals surface area contributed by atoms with E-state index in [9.17, 15) is 0 Å². The van der Waals surface area contributed by atoms with Gasteiger partial charge in [0.2, 0.25) is 0 Å². The van der Waals surface area contributed by atoms with Gasteiger partial charge in [-0.1, -0.05) is 61.5 Å². The number of fused-ring (bicyclic) bond motifs is 1. The molecule has 0 bridgehead atoms. The normalized spacial score (nSPS) is 31.8. The number of hydrogen-bond donors (Lipinski definition) is 0. The Balaban J connectivity index is 2.40. The zero-order chi connectivity index (χ0) is 23.9. The molecular weight excluding hydrogens is 420 g/mol. The van der Waals surface area contributed by atoms with Crippen LogP contribution >= 0.6 is 0 Å². The first-order valence-corrected chi connectivity index (χ1v) is 17.8. The molecule has 0 aromatic heterocycles. The van der Waals surface area contributed by atoms with Crippen LogP contribution in [-0.2, 0) is 18.3 Å². The molecule has 0 aromatic rings. The van der Waals surface area contributed by atoms with E-state index in [-0.39, 0.29) is 34.4 Å². The zero-order valence-corrected chi connectivity index (χ0v) is 24.3. The summed E-state index contributed by atoms with van der Waals surface area (Å²) in [4.78, 5) is 0. The molecule has 1 saturated carbocycles. The maximum Gasteiger partial charge on any atom is 0.192 e. The molecule has 1 aliphatic heterocycles. The molecule has 1 aliphatic carbocycles. The number of rotatable bonds is 11. The van der Waals surface area contributed by atoms with Gasteiger partial charge < -0.3 is 18.3 Å². The van der Waals surface area contributed by atoms with Crippen molar-refractivity contribution in [2.75, 3.05) is 13.7 Å². The lowest BCUT2D eigenvalue weighted by atomic mass is 9.50. The highest BCUT2D eigenvalue weighted by molar-refractivity contribution is 6.74. The Bertz CT molecular complexity index is 615. The van der Waals surface area contributed by atoms with E-state index in [1.807, 2.05) is 6.08 Å². The lowest BCUT2D eigenvalue weighted by Gasteiger charge is -2.57. The van der Waals surface area contributed by atoms with Crippen LogP contribution in [0.1, 0.15) is 61.8 Å². The van der Waals surface area contributed by atoms with E-state index in [1.165, 1.54) is 0 Å². The summed E-state index contributed by atoms with van der Waals surface area (Å²) in [6.07, 6.45) is 2.81. The SMILES string of the molecule is C=C[C@@]12O[C@H](OC)[C@@H]([C@@H](CO[Si](CC)(CC)CC)O[Si](C)(C)C(C)(C)C)[C@@H]1CC2(C)C. The van der Waals surface area contributed by atoms with Crippen LogP contribution in [0.4, 0.5) is 0 Å². The first-order valence-electron chi connectivity index (χ1n) is 12.4. The third-order valence-corrected chi connectivity index (χ3v) is 18.3. The third kappa shape index (κ3) is 4.67. The van der Waals surface area contributed by atoms with Crippen molar-refractivity contribution in [1.82, 2.24) is 0 Å². The molecule has 5 atom stereocenters. The first kappa shape index (κ1) is 27.3. The number of ether oxygens (including phenoxy) is 2. The van der Waals surface area contributed by atoms with Gasteiger partial charge in [-0.3, -0.25) is 0 Å². The average Bonchev–Trinajstić information content (AvgIpc) is 2.97. The van der Waals surface area contributed by atoms with Crippen LogP contribution in [0.3, 0.4) is 0 Å². The van der Waals surface area contributed by atoms with Crippen LogP contribution in [0.5, 0.6) is 0 Å². The highest BCUT2D eigenvalue weighted by Gasteiger charge is 2.70. The average molecular weight is 471 g/mol. The fourth-order valence-electron chi connectivity index (χ4n) is 5.57. The third-order valence-electron chi connectivity index (χ3n) is 9.13. The summed E-state index contributed by atoms with van der Waals surface area (Å²) in [5.74, 6) is 0.506. The maximum absolute atomic E-state index is 7.10. The summed E-state index contributed by atoms with van der Waals surface area (Å²) in [5.41, 5.74) is -0.287. The van der Waals surface area contributed by atoms with Crippen LogP contribution in [0.2, 0.25) is 36.3 Å². The molecule has 0 N–H and O–H groups in total. The van der Waals surface area contributed by atoms with E-state index in [0.29, 0.717) is 12.5 Å². The molecule has 0 spiro atoms. The van der Waals surface area contributed by atoms with E-state index < -0.39 is 16.6 Å². The van der Waals surface area contributed by atoms with Crippen molar-refractivity contribution in [2.24, 2.45) is 17.3 Å². The Kier molecular flexibility index (Phi) is 8.21. The Morgan fingerprint density at radius 3 is 2.06 bits per heavy atom. The summed E-state index contributed by atoms with van der Waals surface area (Å²) in [7, 11) is -1.97. The van der Waals surface area contributed by atoms with E-state index in [4.69, 9.17) is 18.3 Å². The fraction of sp³-hybridized carbons (Fsp3) is 0.920. The van der Waals surface area contributed by atoms with Gasteiger partial charge in [-0.2, -0.15) is 0 Å².